The number of benzene rings is 1. The molecule has 0 saturated carbocycles. The molecule has 1 unspecified atom stereocenters. The summed E-state index contributed by atoms with van der Waals surface area (Å²) >= 11 is 9.27. The zero-order valence-corrected chi connectivity index (χ0v) is 11.1. The fourth-order valence-electron chi connectivity index (χ4n) is 1.85. The molecule has 86 valence electrons. The predicted molar refractivity (Wildman–Crippen MR) is 67.0 cm³/mol. The van der Waals surface area contributed by atoms with E-state index in [4.69, 9.17) is 16.3 Å². The molecule has 16 heavy (non-hydrogen) atoms. The van der Waals surface area contributed by atoms with Crippen LogP contribution in [0.2, 0.25) is 5.02 Å². The van der Waals surface area contributed by atoms with E-state index in [1.807, 2.05) is 0 Å². The number of ether oxygens (including phenoxy) is 1. The van der Waals surface area contributed by atoms with Gasteiger partial charge in [-0.1, -0.05) is 27.5 Å². The van der Waals surface area contributed by atoms with E-state index in [1.54, 1.807) is 18.2 Å². The summed E-state index contributed by atoms with van der Waals surface area (Å²) in [5.41, 5.74) is 0.656. The van der Waals surface area contributed by atoms with Crippen LogP contribution in [-0.2, 0) is 4.74 Å². The average molecular weight is 304 g/mol. The van der Waals surface area contributed by atoms with E-state index in [9.17, 15) is 4.79 Å². The molecule has 2 rings (SSSR count). The van der Waals surface area contributed by atoms with E-state index in [0.29, 0.717) is 17.2 Å². The van der Waals surface area contributed by atoms with Crippen LogP contribution >= 0.6 is 27.5 Å². The Bertz CT molecular complexity index is 400. The Balaban J connectivity index is 2.22. The van der Waals surface area contributed by atoms with Crippen molar-refractivity contribution in [2.75, 3.05) is 13.2 Å². The van der Waals surface area contributed by atoms with Crippen LogP contribution < -0.4 is 0 Å². The van der Waals surface area contributed by atoms with Crippen molar-refractivity contribution in [3.8, 4) is 0 Å². The summed E-state index contributed by atoms with van der Waals surface area (Å²) in [5, 5.41) is 0.586. The minimum Gasteiger partial charge on any atom is -0.381 e. The molecule has 4 heteroatoms. The molecule has 1 fully saturated rings. The van der Waals surface area contributed by atoms with Crippen LogP contribution in [0.25, 0.3) is 0 Å². The number of hydrogen-bond donors (Lipinski definition) is 0. The molecular formula is C12H12BrClO2. The van der Waals surface area contributed by atoms with Gasteiger partial charge in [0.2, 0.25) is 0 Å². The van der Waals surface area contributed by atoms with Gasteiger partial charge in [0.15, 0.2) is 5.78 Å². The molecule has 1 aliphatic rings. The van der Waals surface area contributed by atoms with Crippen LogP contribution in [0.3, 0.4) is 0 Å². The Morgan fingerprint density at radius 2 is 2.31 bits per heavy atom. The maximum atomic E-state index is 12.2. The van der Waals surface area contributed by atoms with Gasteiger partial charge < -0.3 is 4.74 Å². The van der Waals surface area contributed by atoms with E-state index in [1.165, 1.54) is 0 Å². The molecule has 0 N–H and O–H groups in total. The van der Waals surface area contributed by atoms with Gasteiger partial charge in [0.1, 0.15) is 0 Å². The number of hydrogen-bond acceptors (Lipinski definition) is 2. The van der Waals surface area contributed by atoms with Crippen molar-refractivity contribution in [2.45, 2.75) is 12.8 Å². The molecule has 0 aromatic heterocycles. The minimum atomic E-state index is -0.0245. The van der Waals surface area contributed by atoms with Crippen molar-refractivity contribution >= 4 is 33.3 Å². The summed E-state index contributed by atoms with van der Waals surface area (Å²) in [7, 11) is 0. The van der Waals surface area contributed by atoms with Crippen LogP contribution in [0.5, 0.6) is 0 Å². The number of rotatable bonds is 2. The van der Waals surface area contributed by atoms with E-state index >= 15 is 0 Å². The summed E-state index contributed by atoms with van der Waals surface area (Å²) in [5.74, 6) is 0.0950. The molecular weight excluding hydrogens is 291 g/mol. The molecule has 0 spiro atoms. The zero-order valence-electron chi connectivity index (χ0n) is 8.71. The largest absolute Gasteiger partial charge is 0.381 e. The smallest absolute Gasteiger partial charge is 0.169 e. The highest BCUT2D eigenvalue weighted by Crippen LogP contribution is 2.26. The Morgan fingerprint density at radius 3 is 3.00 bits per heavy atom. The topological polar surface area (TPSA) is 26.3 Å². The molecule has 1 aromatic rings. The third-order valence-electron chi connectivity index (χ3n) is 2.72. The fourth-order valence-corrected chi connectivity index (χ4v) is 2.47. The van der Waals surface area contributed by atoms with Gasteiger partial charge in [-0.2, -0.15) is 0 Å². The van der Waals surface area contributed by atoms with Gasteiger partial charge in [0.05, 0.1) is 6.61 Å². The first-order valence-electron chi connectivity index (χ1n) is 5.25. The zero-order chi connectivity index (χ0) is 11.5. The van der Waals surface area contributed by atoms with Crippen LogP contribution in [0.1, 0.15) is 23.2 Å². The van der Waals surface area contributed by atoms with Crippen LogP contribution in [-0.4, -0.2) is 19.0 Å². The second-order valence-corrected chi connectivity index (χ2v) is 5.19. The first-order valence-corrected chi connectivity index (χ1v) is 6.42. The van der Waals surface area contributed by atoms with Gasteiger partial charge in [-0.05, 0) is 31.0 Å². The number of ketones is 1. The summed E-state index contributed by atoms with van der Waals surface area (Å²) in [6.07, 6.45) is 1.85. The molecule has 1 heterocycles. The molecule has 0 bridgehead atoms. The highest BCUT2D eigenvalue weighted by molar-refractivity contribution is 9.10. The van der Waals surface area contributed by atoms with Crippen molar-refractivity contribution in [3.05, 3.63) is 33.3 Å². The van der Waals surface area contributed by atoms with E-state index < -0.39 is 0 Å². The van der Waals surface area contributed by atoms with Crippen molar-refractivity contribution in [2.24, 2.45) is 5.92 Å². The second-order valence-electron chi connectivity index (χ2n) is 3.90. The van der Waals surface area contributed by atoms with Gasteiger partial charge in [0.25, 0.3) is 0 Å². The highest BCUT2D eigenvalue weighted by atomic mass is 79.9. The Morgan fingerprint density at radius 1 is 1.50 bits per heavy atom. The highest BCUT2D eigenvalue weighted by Gasteiger charge is 2.24. The maximum Gasteiger partial charge on any atom is 0.169 e. The third-order valence-corrected chi connectivity index (χ3v) is 3.65. The standard InChI is InChI=1S/C12H12BrClO2/c13-11-4-3-9(14)6-10(11)12(15)8-2-1-5-16-7-8/h3-4,6,8H,1-2,5,7H2. The van der Waals surface area contributed by atoms with Gasteiger partial charge in [-0.3, -0.25) is 4.79 Å². The summed E-state index contributed by atoms with van der Waals surface area (Å²) in [6, 6.07) is 5.28. The van der Waals surface area contributed by atoms with Crippen LogP contribution in [0.15, 0.2) is 22.7 Å². The first kappa shape index (κ1) is 12.1. The molecule has 0 amide bonds. The van der Waals surface area contributed by atoms with Gasteiger partial charge in [-0.15, -0.1) is 0 Å². The SMILES string of the molecule is O=C(c1cc(Cl)ccc1Br)C1CCCOC1. The molecule has 1 aliphatic heterocycles. The molecule has 1 atom stereocenters. The lowest BCUT2D eigenvalue weighted by Gasteiger charge is -2.21. The third kappa shape index (κ3) is 2.65. The molecule has 2 nitrogen and oxygen atoms in total. The lowest BCUT2D eigenvalue weighted by Crippen LogP contribution is -2.25. The molecule has 0 aliphatic carbocycles. The van der Waals surface area contributed by atoms with Crippen molar-refractivity contribution in [1.82, 2.24) is 0 Å². The van der Waals surface area contributed by atoms with Gasteiger partial charge in [0, 0.05) is 27.6 Å². The number of halogens is 2. The second kappa shape index (κ2) is 5.30. The number of carbonyl (C=O) groups excluding carboxylic acids is 1. The normalized spacial score (nSPS) is 20.8. The van der Waals surface area contributed by atoms with Gasteiger partial charge >= 0.3 is 0 Å². The van der Waals surface area contributed by atoms with E-state index in [2.05, 4.69) is 15.9 Å². The summed E-state index contributed by atoms with van der Waals surface area (Å²) in [6.45, 7) is 1.29. The lowest BCUT2D eigenvalue weighted by molar-refractivity contribution is 0.0461. The quantitative estimate of drug-likeness (QED) is 0.779. The van der Waals surface area contributed by atoms with Crippen molar-refractivity contribution < 1.29 is 9.53 Å². The lowest BCUT2D eigenvalue weighted by atomic mass is 9.93. The van der Waals surface area contributed by atoms with Crippen LogP contribution in [0, 0.1) is 5.92 Å². The van der Waals surface area contributed by atoms with Crippen molar-refractivity contribution in [1.29, 1.82) is 0 Å². The Hall–Kier alpha value is -0.380. The minimum absolute atomic E-state index is 0.0245. The number of carbonyl (C=O) groups is 1. The average Bonchev–Trinajstić information content (AvgIpc) is 2.32. The van der Waals surface area contributed by atoms with Gasteiger partial charge in [-0.25, -0.2) is 0 Å². The first-order chi connectivity index (χ1) is 7.68. The maximum absolute atomic E-state index is 12.2. The molecule has 1 aromatic carbocycles. The van der Waals surface area contributed by atoms with E-state index in [0.717, 1.165) is 23.9 Å². The monoisotopic (exact) mass is 302 g/mol. The Kier molecular flexibility index (Phi) is 4.00. The van der Waals surface area contributed by atoms with Crippen molar-refractivity contribution in [3.63, 3.8) is 0 Å². The predicted octanol–water partition coefficient (Wildman–Crippen LogP) is 3.71. The summed E-state index contributed by atoms with van der Waals surface area (Å²) < 4.78 is 6.12. The Labute approximate surface area is 108 Å². The van der Waals surface area contributed by atoms with E-state index in [-0.39, 0.29) is 11.7 Å². The summed E-state index contributed by atoms with van der Waals surface area (Å²) in [4.78, 5) is 12.2. The fraction of sp³-hybridized carbons (Fsp3) is 0.417. The molecule has 1 saturated heterocycles. The number of Topliss-reactive ketones (excluding diaryl/α,β-unsaturated/α-hetero) is 1. The van der Waals surface area contributed by atoms with Crippen LogP contribution in [0.4, 0.5) is 0 Å². The molecule has 0 radical (unpaired) electrons.